The van der Waals surface area contributed by atoms with E-state index in [0.717, 1.165) is 12.8 Å². The van der Waals surface area contributed by atoms with Gasteiger partial charge in [-0.05, 0) is 24.5 Å². The van der Waals surface area contributed by atoms with Crippen molar-refractivity contribution in [3.8, 4) is 0 Å². The summed E-state index contributed by atoms with van der Waals surface area (Å²) in [5.74, 6) is -0.452. The summed E-state index contributed by atoms with van der Waals surface area (Å²) < 4.78 is 13.4. The number of amides is 1. The Morgan fingerprint density at radius 1 is 1.47 bits per heavy atom. The molecular weight excluding hydrogens is 221 g/mol. The van der Waals surface area contributed by atoms with Crippen molar-refractivity contribution in [2.45, 2.75) is 25.3 Å². The van der Waals surface area contributed by atoms with E-state index in [1.807, 2.05) is 0 Å². The van der Waals surface area contributed by atoms with Gasteiger partial charge in [0.25, 0.3) is 0 Å². The fraction of sp³-hybridized carbons (Fsp3) is 0.462. The maximum atomic E-state index is 13.4. The highest BCUT2D eigenvalue weighted by molar-refractivity contribution is 5.79. The fourth-order valence-corrected chi connectivity index (χ4v) is 2.26. The van der Waals surface area contributed by atoms with Gasteiger partial charge in [-0.3, -0.25) is 4.79 Å². The number of rotatable bonds is 3. The summed E-state index contributed by atoms with van der Waals surface area (Å²) in [4.78, 5) is 13.6. The van der Waals surface area contributed by atoms with Crippen molar-refractivity contribution in [2.75, 3.05) is 13.2 Å². The van der Waals surface area contributed by atoms with Crippen LogP contribution < -0.4 is 0 Å². The van der Waals surface area contributed by atoms with E-state index in [1.165, 1.54) is 6.07 Å². The van der Waals surface area contributed by atoms with Crippen LogP contribution >= 0.6 is 0 Å². The second-order valence-electron chi connectivity index (χ2n) is 4.33. The van der Waals surface area contributed by atoms with Gasteiger partial charge in [-0.25, -0.2) is 4.39 Å². The molecule has 1 saturated heterocycles. The van der Waals surface area contributed by atoms with Crippen LogP contribution in [0.1, 0.15) is 18.4 Å². The van der Waals surface area contributed by atoms with E-state index < -0.39 is 0 Å². The number of halogens is 1. The molecule has 1 heterocycles. The van der Waals surface area contributed by atoms with Gasteiger partial charge in [-0.15, -0.1) is 0 Å². The van der Waals surface area contributed by atoms with E-state index in [-0.39, 0.29) is 30.8 Å². The molecule has 1 unspecified atom stereocenters. The van der Waals surface area contributed by atoms with Crippen LogP contribution in [0.4, 0.5) is 4.39 Å². The van der Waals surface area contributed by atoms with Crippen LogP contribution in [-0.4, -0.2) is 35.1 Å². The summed E-state index contributed by atoms with van der Waals surface area (Å²) in [5, 5.41) is 9.14. The molecule has 17 heavy (non-hydrogen) atoms. The molecule has 1 aromatic rings. The SMILES string of the molecule is O=C(Cc1ccccc1F)N1CCCC1CO. The highest BCUT2D eigenvalue weighted by Gasteiger charge is 2.28. The zero-order valence-electron chi connectivity index (χ0n) is 9.60. The zero-order valence-corrected chi connectivity index (χ0v) is 9.60. The number of carbonyl (C=O) groups is 1. The number of hydrogen-bond donors (Lipinski definition) is 1. The van der Waals surface area contributed by atoms with Gasteiger partial charge in [0.2, 0.25) is 5.91 Å². The van der Waals surface area contributed by atoms with E-state index in [0.29, 0.717) is 12.1 Å². The topological polar surface area (TPSA) is 40.5 Å². The summed E-state index contributed by atoms with van der Waals surface area (Å²) in [6, 6.07) is 6.22. The molecule has 1 fully saturated rings. The Labute approximate surface area is 99.9 Å². The average Bonchev–Trinajstić information content (AvgIpc) is 2.80. The molecule has 1 aliphatic heterocycles. The second kappa shape index (κ2) is 5.27. The lowest BCUT2D eigenvalue weighted by Crippen LogP contribution is -2.38. The van der Waals surface area contributed by atoms with E-state index in [4.69, 9.17) is 5.11 Å². The van der Waals surface area contributed by atoms with Crippen LogP contribution in [0.5, 0.6) is 0 Å². The summed E-state index contributed by atoms with van der Waals surface area (Å²) in [5.41, 5.74) is 0.418. The van der Waals surface area contributed by atoms with Crippen LogP contribution in [0, 0.1) is 5.82 Å². The predicted octanol–water partition coefficient (Wildman–Crippen LogP) is 1.35. The van der Waals surface area contributed by atoms with E-state index in [1.54, 1.807) is 23.1 Å². The zero-order chi connectivity index (χ0) is 12.3. The van der Waals surface area contributed by atoms with E-state index in [9.17, 15) is 9.18 Å². The Kier molecular flexibility index (Phi) is 3.74. The first-order valence-corrected chi connectivity index (χ1v) is 5.86. The minimum atomic E-state index is -0.347. The molecule has 1 amide bonds. The van der Waals surface area contributed by atoms with Crippen LogP contribution in [0.2, 0.25) is 0 Å². The number of aliphatic hydroxyl groups is 1. The molecule has 1 aromatic carbocycles. The minimum absolute atomic E-state index is 0.0109. The summed E-state index contributed by atoms with van der Waals surface area (Å²) >= 11 is 0. The Hall–Kier alpha value is -1.42. The smallest absolute Gasteiger partial charge is 0.227 e. The molecule has 4 heteroatoms. The van der Waals surface area contributed by atoms with Crippen molar-refractivity contribution < 1.29 is 14.3 Å². The summed E-state index contributed by atoms with van der Waals surface area (Å²) in [6.07, 6.45) is 1.82. The first-order valence-electron chi connectivity index (χ1n) is 5.86. The van der Waals surface area contributed by atoms with Gasteiger partial charge in [0, 0.05) is 6.54 Å². The van der Waals surface area contributed by atoms with Crippen LogP contribution in [0.3, 0.4) is 0 Å². The minimum Gasteiger partial charge on any atom is -0.394 e. The highest BCUT2D eigenvalue weighted by Crippen LogP contribution is 2.18. The molecule has 0 radical (unpaired) electrons. The standard InChI is InChI=1S/C13H16FNO2/c14-12-6-2-1-4-10(12)8-13(17)15-7-3-5-11(15)9-16/h1-2,4,6,11,16H,3,5,7-9H2. The third-order valence-corrected chi connectivity index (χ3v) is 3.21. The van der Waals surface area contributed by atoms with Gasteiger partial charge in [0.15, 0.2) is 0 Å². The number of carbonyl (C=O) groups excluding carboxylic acids is 1. The molecule has 0 aromatic heterocycles. The molecule has 1 N–H and O–H groups in total. The van der Waals surface area contributed by atoms with Crippen molar-refractivity contribution in [3.63, 3.8) is 0 Å². The van der Waals surface area contributed by atoms with Crippen LogP contribution in [-0.2, 0) is 11.2 Å². The number of aliphatic hydroxyl groups excluding tert-OH is 1. The van der Waals surface area contributed by atoms with Gasteiger partial charge >= 0.3 is 0 Å². The monoisotopic (exact) mass is 237 g/mol. The van der Waals surface area contributed by atoms with Crippen molar-refractivity contribution in [3.05, 3.63) is 35.6 Å². The number of likely N-dealkylation sites (tertiary alicyclic amines) is 1. The van der Waals surface area contributed by atoms with Crippen molar-refractivity contribution in [1.29, 1.82) is 0 Å². The fourth-order valence-electron chi connectivity index (χ4n) is 2.26. The normalized spacial score (nSPS) is 19.6. The molecule has 92 valence electrons. The summed E-state index contributed by atoms with van der Waals surface area (Å²) in [6.45, 7) is 0.654. The highest BCUT2D eigenvalue weighted by atomic mass is 19.1. The Bertz CT molecular complexity index is 408. The second-order valence-corrected chi connectivity index (χ2v) is 4.33. The Balaban J connectivity index is 2.04. The molecular formula is C13H16FNO2. The average molecular weight is 237 g/mol. The Morgan fingerprint density at radius 3 is 2.94 bits per heavy atom. The molecule has 0 spiro atoms. The van der Waals surface area contributed by atoms with Gasteiger partial charge in [-0.1, -0.05) is 18.2 Å². The van der Waals surface area contributed by atoms with Gasteiger partial charge in [0.1, 0.15) is 5.82 Å². The first-order chi connectivity index (χ1) is 8.22. The van der Waals surface area contributed by atoms with Crippen LogP contribution in [0.25, 0.3) is 0 Å². The number of hydrogen-bond acceptors (Lipinski definition) is 2. The molecule has 0 bridgehead atoms. The molecule has 0 saturated carbocycles. The predicted molar refractivity (Wildman–Crippen MR) is 61.9 cm³/mol. The maximum absolute atomic E-state index is 13.4. The Morgan fingerprint density at radius 2 is 2.24 bits per heavy atom. The molecule has 2 rings (SSSR count). The maximum Gasteiger partial charge on any atom is 0.227 e. The number of nitrogens with zero attached hydrogens (tertiary/aromatic N) is 1. The van der Waals surface area contributed by atoms with Gasteiger partial charge in [-0.2, -0.15) is 0 Å². The van der Waals surface area contributed by atoms with Gasteiger partial charge in [0.05, 0.1) is 19.1 Å². The lowest BCUT2D eigenvalue weighted by molar-refractivity contribution is -0.132. The van der Waals surface area contributed by atoms with Crippen LogP contribution in [0.15, 0.2) is 24.3 Å². The van der Waals surface area contributed by atoms with Gasteiger partial charge < -0.3 is 10.0 Å². The number of benzene rings is 1. The first kappa shape index (κ1) is 12.0. The molecule has 1 atom stereocenters. The lowest BCUT2D eigenvalue weighted by atomic mass is 10.1. The molecule has 3 nitrogen and oxygen atoms in total. The third-order valence-electron chi connectivity index (χ3n) is 3.21. The summed E-state index contributed by atoms with van der Waals surface area (Å²) in [7, 11) is 0. The van der Waals surface area contributed by atoms with Crippen molar-refractivity contribution in [2.24, 2.45) is 0 Å². The van der Waals surface area contributed by atoms with E-state index >= 15 is 0 Å². The van der Waals surface area contributed by atoms with E-state index in [2.05, 4.69) is 0 Å². The molecule has 1 aliphatic rings. The lowest BCUT2D eigenvalue weighted by Gasteiger charge is -2.23. The molecule has 0 aliphatic carbocycles. The quantitative estimate of drug-likeness (QED) is 0.862. The van der Waals surface area contributed by atoms with Crippen molar-refractivity contribution in [1.82, 2.24) is 4.90 Å². The van der Waals surface area contributed by atoms with Crippen molar-refractivity contribution >= 4 is 5.91 Å². The third kappa shape index (κ3) is 2.64. The largest absolute Gasteiger partial charge is 0.394 e.